The number of benzene rings is 2. The first-order valence-corrected chi connectivity index (χ1v) is 10.4. The van der Waals surface area contributed by atoms with Crippen LogP contribution < -0.4 is 9.64 Å². The van der Waals surface area contributed by atoms with E-state index in [1.807, 2.05) is 27.7 Å². The lowest BCUT2D eigenvalue weighted by atomic mass is 9.94. The van der Waals surface area contributed by atoms with E-state index in [1.165, 1.54) is 23.1 Å². The number of hydrogen-bond donors (Lipinski definition) is 0. The van der Waals surface area contributed by atoms with E-state index in [0.29, 0.717) is 24.5 Å². The maximum absolute atomic E-state index is 14.4. The van der Waals surface area contributed by atoms with Gasteiger partial charge in [0.25, 0.3) is 11.8 Å². The van der Waals surface area contributed by atoms with Gasteiger partial charge in [-0.3, -0.25) is 14.4 Å². The van der Waals surface area contributed by atoms with Crippen molar-refractivity contribution in [3.8, 4) is 5.75 Å². The van der Waals surface area contributed by atoms with Gasteiger partial charge >= 0.3 is 0 Å². The molecule has 0 radical (unpaired) electrons. The highest BCUT2D eigenvalue weighted by atomic mass is 19.1. The monoisotopic (exact) mass is 426 g/mol. The number of carbonyl (C=O) groups is 3. The number of nitrogens with zero attached hydrogens (tertiary/aromatic N) is 2. The molecular weight excluding hydrogens is 399 g/mol. The van der Waals surface area contributed by atoms with Crippen LogP contribution in [-0.4, -0.2) is 40.8 Å². The van der Waals surface area contributed by atoms with Crippen molar-refractivity contribution in [2.45, 2.75) is 52.1 Å². The van der Waals surface area contributed by atoms with Crippen LogP contribution in [0.15, 0.2) is 48.5 Å². The topological polar surface area (TPSA) is 66.9 Å². The van der Waals surface area contributed by atoms with E-state index in [0.717, 1.165) is 4.90 Å². The first-order valence-electron chi connectivity index (χ1n) is 10.4. The number of amides is 3. The summed E-state index contributed by atoms with van der Waals surface area (Å²) in [6, 6.07) is 11.3. The molecule has 7 heteroatoms. The number of ether oxygens (including phenoxy) is 1. The summed E-state index contributed by atoms with van der Waals surface area (Å²) >= 11 is 0. The maximum Gasteiger partial charge on any atom is 0.257 e. The smallest absolute Gasteiger partial charge is 0.257 e. The van der Waals surface area contributed by atoms with Crippen LogP contribution in [0, 0.1) is 5.82 Å². The zero-order valence-corrected chi connectivity index (χ0v) is 18.2. The normalized spacial score (nSPS) is 16.5. The minimum absolute atomic E-state index is 0.121. The number of rotatable bonds is 7. The van der Waals surface area contributed by atoms with Crippen LogP contribution in [0.4, 0.5) is 10.1 Å². The van der Waals surface area contributed by atoms with Gasteiger partial charge in [-0.15, -0.1) is 0 Å². The van der Waals surface area contributed by atoms with E-state index in [2.05, 4.69) is 0 Å². The number of halogens is 1. The van der Waals surface area contributed by atoms with Crippen LogP contribution in [0.25, 0.3) is 0 Å². The van der Waals surface area contributed by atoms with Crippen LogP contribution in [0.3, 0.4) is 0 Å². The SMILES string of the molecule is CCOc1ccc(N2C(=O)CC(N(C(=O)c3ccccc3F)C(C)(C)CC)C2=O)cc1. The molecule has 1 saturated heterocycles. The molecule has 6 nitrogen and oxygen atoms in total. The summed E-state index contributed by atoms with van der Waals surface area (Å²) in [7, 11) is 0. The minimum Gasteiger partial charge on any atom is -0.494 e. The van der Waals surface area contributed by atoms with Gasteiger partial charge in [-0.25, -0.2) is 9.29 Å². The van der Waals surface area contributed by atoms with Crippen molar-refractivity contribution in [2.24, 2.45) is 0 Å². The highest BCUT2D eigenvalue weighted by Crippen LogP contribution is 2.33. The van der Waals surface area contributed by atoms with Crippen molar-refractivity contribution in [1.29, 1.82) is 0 Å². The molecule has 0 bridgehead atoms. The van der Waals surface area contributed by atoms with Crippen molar-refractivity contribution >= 4 is 23.4 Å². The fraction of sp³-hybridized carbons (Fsp3) is 0.375. The molecular formula is C24H27FN2O4. The van der Waals surface area contributed by atoms with Crippen LogP contribution >= 0.6 is 0 Å². The lowest BCUT2D eigenvalue weighted by Gasteiger charge is -2.41. The Kier molecular flexibility index (Phi) is 6.43. The van der Waals surface area contributed by atoms with Crippen LogP contribution in [-0.2, 0) is 9.59 Å². The summed E-state index contributed by atoms with van der Waals surface area (Å²) in [5, 5.41) is 0. The Morgan fingerprint density at radius 2 is 1.77 bits per heavy atom. The molecule has 2 aromatic rings. The van der Waals surface area contributed by atoms with E-state index in [4.69, 9.17) is 4.74 Å². The summed E-state index contributed by atoms with van der Waals surface area (Å²) in [5.74, 6) is -1.54. The molecule has 1 heterocycles. The summed E-state index contributed by atoms with van der Waals surface area (Å²) < 4.78 is 19.8. The molecule has 1 fully saturated rings. The Labute approximate surface area is 181 Å². The second-order valence-corrected chi connectivity index (χ2v) is 8.04. The molecule has 0 aromatic heterocycles. The molecule has 0 saturated carbocycles. The third-order valence-electron chi connectivity index (χ3n) is 5.68. The van der Waals surface area contributed by atoms with Crippen LogP contribution in [0.2, 0.25) is 0 Å². The Balaban J connectivity index is 1.97. The van der Waals surface area contributed by atoms with Gasteiger partial charge in [0.1, 0.15) is 17.6 Å². The van der Waals surface area contributed by atoms with E-state index in [1.54, 1.807) is 30.3 Å². The highest BCUT2D eigenvalue weighted by Gasteiger charge is 2.48. The van der Waals surface area contributed by atoms with Crippen molar-refractivity contribution in [3.05, 3.63) is 59.9 Å². The Bertz CT molecular complexity index is 987. The fourth-order valence-electron chi connectivity index (χ4n) is 3.72. The Morgan fingerprint density at radius 1 is 1.13 bits per heavy atom. The first kappa shape index (κ1) is 22.5. The summed E-state index contributed by atoms with van der Waals surface area (Å²) in [5.41, 5.74) is -0.480. The highest BCUT2D eigenvalue weighted by molar-refractivity contribution is 6.23. The Morgan fingerprint density at radius 3 is 2.35 bits per heavy atom. The molecule has 0 aliphatic carbocycles. The van der Waals surface area contributed by atoms with Crippen LogP contribution in [0.5, 0.6) is 5.75 Å². The standard InChI is InChI=1S/C24H27FN2O4/c1-5-24(3,4)27(22(29)18-9-7-8-10-19(18)25)20-15-21(28)26(23(20)30)16-11-13-17(14-12-16)31-6-2/h7-14,20H,5-6,15H2,1-4H3. The van der Waals surface area contributed by atoms with Crippen molar-refractivity contribution < 1.29 is 23.5 Å². The molecule has 3 amide bonds. The number of imide groups is 1. The largest absolute Gasteiger partial charge is 0.494 e. The minimum atomic E-state index is -1.01. The summed E-state index contributed by atoms with van der Waals surface area (Å²) in [4.78, 5) is 42.0. The third-order valence-corrected chi connectivity index (χ3v) is 5.68. The van der Waals surface area contributed by atoms with Crippen molar-refractivity contribution in [2.75, 3.05) is 11.5 Å². The molecule has 1 atom stereocenters. The Hall–Kier alpha value is -3.22. The molecule has 1 aliphatic rings. The molecule has 2 aromatic carbocycles. The van der Waals surface area contributed by atoms with Gasteiger partial charge in [0.15, 0.2) is 0 Å². The quantitative estimate of drug-likeness (QED) is 0.623. The number of carbonyl (C=O) groups excluding carboxylic acids is 3. The lowest BCUT2D eigenvalue weighted by molar-refractivity contribution is -0.123. The molecule has 31 heavy (non-hydrogen) atoms. The average Bonchev–Trinajstić information content (AvgIpc) is 3.02. The van der Waals surface area contributed by atoms with Crippen molar-refractivity contribution in [1.82, 2.24) is 4.90 Å². The molecule has 164 valence electrons. The van der Waals surface area contributed by atoms with Gasteiger partial charge < -0.3 is 9.64 Å². The predicted molar refractivity (Wildman–Crippen MR) is 115 cm³/mol. The molecule has 1 unspecified atom stereocenters. The molecule has 3 rings (SSSR count). The van der Waals surface area contributed by atoms with E-state index >= 15 is 0 Å². The van der Waals surface area contributed by atoms with Gasteiger partial charge in [-0.2, -0.15) is 0 Å². The summed E-state index contributed by atoms with van der Waals surface area (Å²) in [6.07, 6.45) is 0.365. The average molecular weight is 426 g/mol. The van der Waals surface area contributed by atoms with E-state index in [-0.39, 0.29) is 12.0 Å². The van der Waals surface area contributed by atoms with Gasteiger partial charge in [0.05, 0.1) is 24.3 Å². The molecule has 0 N–H and O–H groups in total. The van der Waals surface area contributed by atoms with E-state index < -0.39 is 35.1 Å². The molecule has 1 aliphatic heterocycles. The second kappa shape index (κ2) is 8.88. The second-order valence-electron chi connectivity index (χ2n) is 8.04. The van der Waals surface area contributed by atoms with Crippen LogP contribution in [0.1, 0.15) is 50.9 Å². The van der Waals surface area contributed by atoms with E-state index in [9.17, 15) is 18.8 Å². The number of hydrogen-bond acceptors (Lipinski definition) is 4. The lowest BCUT2D eigenvalue weighted by Crippen LogP contribution is -2.55. The first-order chi connectivity index (χ1) is 14.7. The van der Waals surface area contributed by atoms with Gasteiger partial charge in [-0.05, 0) is 63.6 Å². The van der Waals surface area contributed by atoms with Gasteiger partial charge in [0.2, 0.25) is 5.91 Å². The maximum atomic E-state index is 14.4. The zero-order valence-electron chi connectivity index (χ0n) is 18.2. The molecule has 0 spiro atoms. The summed E-state index contributed by atoms with van der Waals surface area (Å²) in [6.45, 7) is 7.87. The predicted octanol–water partition coefficient (Wildman–Crippen LogP) is 4.19. The van der Waals surface area contributed by atoms with Gasteiger partial charge in [0, 0.05) is 5.54 Å². The zero-order chi connectivity index (χ0) is 22.8. The number of anilines is 1. The van der Waals surface area contributed by atoms with Crippen molar-refractivity contribution in [3.63, 3.8) is 0 Å². The third kappa shape index (κ3) is 4.31. The van der Waals surface area contributed by atoms with Gasteiger partial charge in [-0.1, -0.05) is 19.1 Å². The fourth-order valence-corrected chi connectivity index (χ4v) is 3.72.